The number of fused-ring (bicyclic) bond motifs is 1. The van der Waals surface area contributed by atoms with Gasteiger partial charge in [-0.15, -0.1) is 0 Å². The lowest BCUT2D eigenvalue weighted by Crippen LogP contribution is -2.42. The SMILES string of the molecule is CCOCC(COCC)OC(=O)c1cc2cc(NC(=O)C3NCCC3C3CCCCC3)ccc2o1. The van der Waals surface area contributed by atoms with Crippen LogP contribution >= 0.6 is 0 Å². The van der Waals surface area contributed by atoms with Crippen molar-refractivity contribution < 1.29 is 28.2 Å². The van der Waals surface area contributed by atoms with Crippen LogP contribution in [0.25, 0.3) is 11.0 Å². The van der Waals surface area contributed by atoms with Crippen molar-refractivity contribution in [2.45, 2.75) is 64.5 Å². The smallest absolute Gasteiger partial charge is 0.374 e. The van der Waals surface area contributed by atoms with E-state index in [0.29, 0.717) is 36.3 Å². The number of carbonyl (C=O) groups is 2. The van der Waals surface area contributed by atoms with Crippen molar-refractivity contribution in [3.63, 3.8) is 0 Å². The number of ether oxygens (including phenoxy) is 3. The van der Waals surface area contributed by atoms with Crippen LogP contribution in [-0.2, 0) is 19.0 Å². The molecular weight excluding hydrogens is 448 g/mol. The number of benzene rings is 1. The molecule has 2 unspecified atom stereocenters. The molecule has 1 saturated heterocycles. The molecule has 2 fully saturated rings. The number of rotatable bonds is 11. The number of hydrogen-bond acceptors (Lipinski definition) is 7. The summed E-state index contributed by atoms with van der Waals surface area (Å²) in [6.45, 7) is 6.22. The Labute approximate surface area is 207 Å². The van der Waals surface area contributed by atoms with Gasteiger partial charge in [0.25, 0.3) is 0 Å². The number of furan rings is 1. The van der Waals surface area contributed by atoms with Gasteiger partial charge in [-0.1, -0.05) is 32.1 Å². The highest BCUT2D eigenvalue weighted by Crippen LogP contribution is 2.36. The highest BCUT2D eigenvalue weighted by molar-refractivity contribution is 5.98. The van der Waals surface area contributed by atoms with Crippen LogP contribution in [0.5, 0.6) is 0 Å². The van der Waals surface area contributed by atoms with Crippen molar-refractivity contribution in [3.8, 4) is 0 Å². The first kappa shape index (κ1) is 25.7. The lowest BCUT2D eigenvalue weighted by Gasteiger charge is -2.30. The van der Waals surface area contributed by atoms with Gasteiger partial charge in [0.05, 0.1) is 19.3 Å². The standard InChI is InChI=1S/C27H38N2O6/c1-3-32-16-21(17-33-4-2)34-27(31)24-15-19-14-20(10-11-23(19)35-24)29-26(30)25-22(12-13-28-25)18-8-6-5-7-9-18/h10-11,14-15,18,21-22,25,28H,3-9,12-13,16-17H2,1-2H3,(H,29,30). The van der Waals surface area contributed by atoms with E-state index in [1.54, 1.807) is 18.2 Å². The van der Waals surface area contributed by atoms with Crippen molar-refractivity contribution in [1.29, 1.82) is 0 Å². The van der Waals surface area contributed by atoms with Crippen LogP contribution in [0.15, 0.2) is 28.7 Å². The Kier molecular flexibility index (Phi) is 9.18. The Balaban J connectivity index is 1.39. The lowest BCUT2D eigenvalue weighted by atomic mass is 9.76. The van der Waals surface area contributed by atoms with Gasteiger partial charge >= 0.3 is 5.97 Å². The minimum Gasteiger partial charge on any atom is -0.452 e. The Bertz CT molecular complexity index is 975. The molecule has 1 saturated carbocycles. The number of anilines is 1. The van der Waals surface area contributed by atoms with Gasteiger partial charge in [0.2, 0.25) is 11.7 Å². The molecule has 1 amide bonds. The minimum absolute atomic E-state index is 0.00948. The number of nitrogens with one attached hydrogen (secondary N) is 2. The van der Waals surface area contributed by atoms with Gasteiger partial charge in [0, 0.05) is 24.3 Å². The van der Waals surface area contributed by atoms with Crippen LogP contribution in [0.4, 0.5) is 5.69 Å². The van der Waals surface area contributed by atoms with Crippen molar-refractivity contribution in [2.75, 3.05) is 38.3 Å². The second-order valence-corrected chi connectivity index (χ2v) is 9.48. The fourth-order valence-corrected chi connectivity index (χ4v) is 5.35. The van der Waals surface area contributed by atoms with E-state index in [1.165, 1.54) is 32.1 Å². The summed E-state index contributed by atoms with van der Waals surface area (Å²) >= 11 is 0. The molecule has 8 nitrogen and oxygen atoms in total. The molecule has 2 atom stereocenters. The summed E-state index contributed by atoms with van der Waals surface area (Å²) in [5, 5.41) is 7.21. The van der Waals surface area contributed by atoms with Crippen molar-refractivity contribution >= 4 is 28.5 Å². The third kappa shape index (κ3) is 6.63. The summed E-state index contributed by atoms with van der Waals surface area (Å²) in [6, 6.07) is 6.88. The molecule has 192 valence electrons. The number of carbonyl (C=O) groups excluding carboxylic acids is 2. The van der Waals surface area contributed by atoms with E-state index in [9.17, 15) is 9.59 Å². The molecule has 2 aromatic rings. The molecule has 1 aliphatic carbocycles. The van der Waals surface area contributed by atoms with Gasteiger partial charge < -0.3 is 29.3 Å². The van der Waals surface area contributed by atoms with E-state index in [1.807, 2.05) is 19.9 Å². The van der Waals surface area contributed by atoms with Crippen LogP contribution in [0, 0.1) is 11.8 Å². The molecule has 1 aromatic heterocycles. The second-order valence-electron chi connectivity index (χ2n) is 9.48. The summed E-state index contributed by atoms with van der Waals surface area (Å²) < 4.78 is 22.0. The van der Waals surface area contributed by atoms with Crippen LogP contribution in [0.3, 0.4) is 0 Å². The molecule has 8 heteroatoms. The predicted molar refractivity (Wildman–Crippen MR) is 134 cm³/mol. The van der Waals surface area contributed by atoms with E-state index < -0.39 is 12.1 Å². The van der Waals surface area contributed by atoms with E-state index in [0.717, 1.165) is 18.4 Å². The molecule has 4 rings (SSSR count). The van der Waals surface area contributed by atoms with Gasteiger partial charge in [-0.3, -0.25) is 4.79 Å². The van der Waals surface area contributed by atoms with Crippen molar-refractivity contribution in [3.05, 3.63) is 30.0 Å². The molecule has 0 bridgehead atoms. The first-order valence-electron chi connectivity index (χ1n) is 13.0. The zero-order chi connectivity index (χ0) is 24.6. The maximum absolute atomic E-state index is 13.1. The normalized spacial score (nSPS) is 21.0. The van der Waals surface area contributed by atoms with Crippen LogP contribution in [0.2, 0.25) is 0 Å². The number of esters is 1. The zero-order valence-corrected chi connectivity index (χ0v) is 20.8. The first-order chi connectivity index (χ1) is 17.1. The van der Waals surface area contributed by atoms with Crippen molar-refractivity contribution in [2.24, 2.45) is 11.8 Å². The Hall–Kier alpha value is -2.42. The van der Waals surface area contributed by atoms with E-state index >= 15 is 0 Å². The molecule has 2 aliphatic rings. The summed E-state index contributed by atoms with van der Waals surface area (Å²) in [7, 11) is 0. The topological polar surface area (TPSA) is 99.0 Å². The predicted octanol–water partition coefficient (Wildman–Crippen LogP) is 4.53. The molecule has 35 heavy (non-hydrogen) atoms. The van der Waals surface area contributed by atoms with E-state index in [2.05, 4.69) is 10.6 Å². The van der Waals surface area contributed by atoms with Gasteiger partial charge in [-0.25, -0.2) is 4.79 Å². The van der Waals surface area contributed by atoms with Gasteiger partial charge in [0.15, 0.2) is 0 Å². The van der Waals surface area contributed by atoms with Gasteiger partial charge in [0.1, 0.15) is 11.7 Å². The lowest BCUT2D eigenvalue weighted by molar-refractivity contribution is -0.119. The third-order valence-corrected chi connectivity index (χ3v) is 7.08. The molecular formula is C27H38N2O6. The quantitative estimate of drug-likeness (QED) is 0.450. The Morgan fingerprint density at radius 3 is 2.51 bits per heavy atom. The summed E-state index contributed by atoms with van der Waals surface area (Å²) in [4.78, 5) is 25.8. The zero-order valence-electron chi connectivity index (χ0n) is 20.8. The van der Waals surface area contributed by atoms with Crippen LogP contribution in [-0.4, -0.2) is 57.0 Å². The maximum Gasteiger partial charge on any atom is 0.374 e. The molecule has 0 spiro atoms. The summed E-state index contributed by atoms with van der Waals surface area (Å²) in [5.74, 6) is 0.581. The summed E-state index contributed by atoms with van der Waals surface area (Å²) in [6.07, 6.45) is 6.86. The third-order valence-electron chi connectivity index (χ3n) is 7.08. The number of amides is 1. The first-order valence-corrected chi connectivity index (χ1v) is 13.0. The minimum atomic E-state index is -0.568. The van der Waals surface area contributed by atoms with E-state index in [-0.39, 0.29) is 30.9 Å². The van der Waals surface area contributed by atoms with E-state index in [4.69, 9.17) is 18.6 Å². The fourth-order valence-electron chi connectivity index (χ4n) is 5.35. The van der Waals surface area contributed by atoms with Gasteiger partial charge in [-0.05, 0) is 62.9 Å². The molecule has 1 aromatic carbocycles. The molecule has 1 aliphatic heterocycles. The maximum atomic E-state index is 13.1. The van der Waals surface area contributed by atoms with Crippen LogP contribution < -0.4 is 10.6 Å². The fraction of sp³-hybridized carbons (Fsp3) is 0.630. The second kappa shape index (κ2) is 12.5. The molecule has 2 N–H and O–H groups in total. The average molecular weight is 487 g/mol. The number of hydrogen-bond donors (Lipinski definition) is 2. The molecule has 0 radical (unpaired) electrons. The largest absolute Gasteiger partial charge is 0.452 e. The van der Waals surface area contributed by atoms with Crippen molar-refractivity contribution in [1.82, 2.24) is 5.32 Å². The monoisotopic (exact) mass is 486 g/mol. The Morgan fingerprint density at radius 2 is 1.80 bits per heavy atom. The summed E-state index contributed by atoms with van der Waals surface area (Å²) in [5.41, 5.74) is 1.24. The highest BCUT2D eigenvalue weighted by Gasteiger charge is 2.38. The average Bonchev–Trinajstić information content (AvgIpc) is 3.53. The van der Waals surface area contributed by atoms with Crippen LogP contribution in [0.1, 0.15) is 62.9 Å². The van der Waals surface area contributed by atoms with Gasteiger partial charge in [-0.2, -0.15) is 0 Å². The highest BCUT2D eigenvalue weighted by atomic mass is 16.6. The molecule has 2 heterocycles. The Morgan fingerprint density at radius 1 is 1.06 bits per heavy atom.